The van der Waals surface area contributed by atoms with Crippen molar-refractivity contribution >= 4 is 23.5 Å². The Balaban J connectivity index is 2.58. The van der Waals surface area contributed by atoms with Crippen LogP contribution in [0.15, 0.2) is 0 Å². The fourth-order valence-electron chi connectivity index (χ4n) is 2.37. The molecule has 1 rings (SSSR count). The van der Waals surface area contributed by atoms with Crippen LogP contribution < -0.4 is 0 Å². The van der Waals surface area contributed by atoms with Gasteiger partial charge in [0.1, 0.15) is 6.10 Å². The number of methoxy groups -OCH3 is 1. The van der Waals surface area contributed by atoms with E-state index in [1.165, 1.54) is 7.11 Å². The van der Waals surface area contributed by atoms with Crippen LogP contribution in [0.3, 0.4) is 0 Å². The summed E-state index contributed by atoms with van der Waals surface area (Å²) >= 11 is 0. The SMILES string of the molecule is CO[C@@H]1C[C@H](CCC(C)C)O[C@@H]1COP(=O)(O)OP(=O)(O)OP(=O)(O)O. The Morgan fingerprint density at radius 1 is 1.08 bits per heavy atom. The summed E-state index contributed by atoms with van der Waals surface area (Å²) in [6.07, 6.45) is 0.971. The first kappa shape index (κ1) is 24.4. The van der Waals surface area contributed by atoms with Gasteiger partial charge in [0.05, 0.1) is 18.8 Å². The van der Waals surface area contributed by atoms with Gasteiger partial charge in [-0.25, -0.2) is 13.7 Å². The lowest BCUT2D eigenvalue weighted by Crippen LogP contribution is -2.28. The van der Waals surface area contributed by atoms with Gasteiger partial charge in [-0.05, 0) is 18.8 Å². The third-order valence-electron chi connectivity index (χ3n) is 3.46. The fourth-order valence-corrected chi connectivity index (χ4v) is 5.40. The average Bonchev–Trinajstić information content (AvgIpc) is 2.81. The molecule has 12 nitrogen and oxygen atoms in total. The zero-order valence-electron chi connectivity index (χ0n) is 14.5. The molecule has 0 spiro atoms. The lowest BCUT2D eigenvalue weighted by atomic mass is 10.0. The van der Waals surface area contributed by atoms with Crippen LogP contribution in [0.1, 0.15) is 33.1 Å². The highest BCUT2D eigenvalue weighted by molar-refractivity contribution is 7.66. The lowest BCUT2D eigenvalue weighted by molar-refractivity contribution is -0.0353. The zero-order chi connectivity index (χ0) is 20.2. The Morgan fingerprint density at radius 2 is 1.69 bits per heavy atom. The molecular formula is C11H25O12P3. The fraction of sp³-hybridized carbons (Fsp3) is 1.00. The van der Waals surface area contributed by atoms with Crippen LogP contribution in [0.5, 0.6) is 0 Å². The van der Waals surface area contributed by atoms with Crippen molar-refractivity contribution in [2.24, 2.45) is 5.92 Å². The summed E-state index contributed by atoms with van der Waals surface area (Å²) < 4.78 is 56.4. The molecule has 1 aliphatic heterocycles. The van der Waals surface area contributed by atoms with Gasteiger partial charge in [0.2, 0.25) is 0 Å². The molecule has 1 fully saturated rings. The average molecular weight is 442 g/mol. The summed E-state index contributed by atoms with van der Waals surface area (Å²) in [5.74, 6) is 0.480. The van der Waals surface area contributed by atoms with Gasteiger partial charge in [-0.2, -0.15) is 8.62 Å². The number of phosphoric ester groups is 1. The standard InChI is InChI=1S/C11H25O12P3/c1-8(2)4-5-9-6-10(19-3)11(21-9)7-20-25(15,16)23-26(17,18)22-24(12,13)14/h8-11H,4-7H2,1-3H3,(H,15,16)(H,17,18)(H2,12,13,14)/t9-,10+,11+/m0/s1. The van der Waals surface area contributed by atoms with Crippen molar-refractivity contribution in [1.82, 2.24) is 0 Å². The summed E-state index contributed by atoms with van der Waals surface area (Å²) in [6.45, 7) is 3.63. The number of rotatable bonds is 11. The molecule has 156 valence electrons. The van der Waals surface area contributed by atoms with Crippen LogP contribution in [-0.2, 0) is 36.3 Å². The van der Waals surface area contributed by atoms with E-state index in [4.69, 9.17) is 24.2 Å². The highest BCUT2D eigenvalue weighted by atomic mass is 31.3. The molecule has 4 N–H and O–H groups in total. The van der Waals surface area contributed by atoms with Gasteiger partial charge in [0.25, 0.3) is 0 Å². The summed E-state index contributed by atoms with van der Waals surface area (Å²) in [7, 11) is -14.7. The van der Waals surface area contributed by atoms with E-state index >= 15 is 0 Å². The van der Waals surface area contributed by atoms with Crippen LogP contribution in [-0.4, -0.2) is 51.6 Å². The predicted octanol–water partition coefficient (Wildman–Crippen LogP) is 1.94. The minimum absolute atomic E-state index is 0.128. The van der Waals surface area contributed by atoms with Crippen molar-refractivity contribution in [3.8, 4) is 0 Å². The van der Waals surface area contributed by atoms with E-state index in [0.29, 0.717) is 12.3 Å². The van der Waals surface area contributed by atoms with Gasteiger partial charge in [-0.3, -0.25) is 4.52 Å². The first-order valence-electron chi connectivity index (χ1n) is 7.69. The zero-order valence-corrected chi connectivity index (χ0v) is 17.2. The third kappa shape index (κ3) is 9.50. The second-order valence-corrected chi connectivity index (χ2v) is 10.6. The highest BCUT2D eigenvalue weighted by Crippen LogP contribution is 2.66. The van der Waals surface area contributed by atoms with Gasteiger partial charge in [0, 0.05) is 13.5 Å². The molecule has 0 aliphatic carbocycles. The molecule has 1 heterocycles. The maximum Gasteiger partial charge on any atom is 0.490 e. The van der Waals surface area contributed by atoms with E-state index in [-0.39, 0.29) is 6.10 Å². The van der Waals surface area contributed by atoms with Crippen molar-refractivity contribution < 1.29 is 55.9 Å². The van der Waals surface area contributed by atoms with Crippen LogP contribution in [0.2, 0.25) is 0 Å². The minimum atomic E-state index is -5.53. The number of ether oxygens (including phenoxy) is 2. The Hall–Kier alpha value is 0.330. The second-order valence-electron chi connectivity index (χ2n) is 6.16. The van der Waals surface area contributed by atoms with Gasteiger partial charge >= 0.3 is 23.5 Å². The summed E-state index contributed by atoms with van der Waals surface area (Å²) in [5, 5.41) is 0. The van der Waals surface area contributed by atoms with Crippen LogP contribution in [0.4, 0.5) is 0 Å². The molecule has 0 amide bonds. The van der Waals surface area contributed by atoms with Crippen LogP contribution in [0.25, 0.3) is 0 Å². The summed E-state index contributed by atoms with van der Waals surface area (Å²) in [5.41, 5.74) is 0. The van der Waals surface area contributed by atoms with Gasteiger partial charge < -0.3 is 29.0 Å². The van der Waals surface area contributed by atoms with E-state index in [1.807, 2.05) is 0 Å². The molecule has 1 aliphatic rings. The molecule has 1 saturated heterocycles. The monoisotopic (exact) mass is 442 g/mol. The largest absolute Gasteiger partial charge is 0.490 e. The van der Waals surface area contributed by atoms with E-state index in [1.54, 1.807) is 0 Å². The molecule has 2 unspecified atom stereocenters. The number of hydrogen-bond acceptors (Lipinski definition) is 8. The van der Waals surface area contributed by atoms with Crippen LogP contribution >= 0.6 is 23.5 Å². The van der Waals surface area contributed by atoms with E-state index in [9.17, 15) is 18.6 Å². The molecule has 0 aromatic rings. The van der Waals surface area contributed by atoms with Crippen LogP contribution in [0, 0.1) is 5.92 Å². The maximum absolute atomic E-state index is 11.7. The molecule has 0 aromatic carbocycles. The molecule has 0 aromatic heterocycles. The topological polar surface area (TPSA) is 178 Å². The third-order valence-corrected chi connectivity index (χ3v) is 7.27. The smallest absolute Gasteiger partial charge is 0.379 e. The summed E-state index contributed by atoms with van der Waals surface area (Å²) in [4.78, 5) is 35.5. The van der Waals surface area contributed by atoms with Gasteiger partial charge in [-0.15, -0.1) is 0 Å². The second kappa shape index (κ2) is 9.69. The van der Waals surface area contributed by atoms with E-state index < -0.39 is 42.3 Å². The Labute approximate surface area is 151 Å². The first-order valence-corrected chi connectivity index (χ1v) is 12.2. The van der Waals surface area contributed by atoms with Crippen molar-refractivity contribution in [1.29, 1.82) is 0 Å². The number of phosphoric acid groups is 3. The molecule has 15 heteroatoms. The molecule has 5 atom stereocenters. The number of hydrogen-bond donors (Lipinski definition) is 4. The van der Waals surface area contributed by atoms with Gasteiger partial charge in [0.15, 0.2) is 0 Å². The highest BCUT2D eigenvalue weighted by Gasteiger charge is 2.42. The lowest BCUT2D eigenvalue weighted by Gasteiger charge is -2.20. The Bertz CT molecular complexity index is 589. The first-order chi connectivity index (χ1) is 11.7. The Morgan fingerprint density at radius 3 is 2.19 bits per heavy atom. The molecule has 0 saturated carbocycles. The molecule has 0 bridgehead atoms. The van der Waals surface area contributed by atoms with Crippen molar-refractivity contribution in [2.45, 2.75) is 51.4 Å². The maximum atomic E-state index is 11.7. The summed E-state index contributed by atoms with van der Waals surface area (Å²) in [6, 6.07) is 0. The van der Waals surface area contributed by atoms with Crippen molar-refractivity contribution in [2.75, 3.05) is 13.7 Å². The Kier molecular flexibility index (Phi) is 9.08. The van der Waals surface area contributed by atoms with Crippen molar-refractivity contribution in [3.63, 3.8) is 0 Å². The molecule has 0 radical (unpaired) electrons. The van der Waals surface area contributed by atoms with E-state index in [2.05, 4.69) is 27.0 Å². The normalized spacial score (nSPS) is 28.8. The minimum Gasteiger partial charge on any atom is -0.379 e. The predicted molar refractivity (Wildman–Crippen MR) is 88.0 cm³/mol. The quantitative estimate of drug-likeness (QED) is 0.342. The van der Waals surface area contributed by atoms with E-state index in [0.717, 1.165) is 12.8 Å². The van der Waals surface area contributed by atoms with Gasteiger partial charge in [-0.1, -0.05) is 13.8 Å². The van der Waals surface area contributed by atoms with Crippen molar-refractivity contribution in [3.05, 3.63) is 0 Å². The molecule has 26 heavy (non-hydrogen) atoms. The molecular weight excluding hydrogens is 417 g/mol.